The number of hydrogen-bond acceptors (Lipinski definition) is 4. The lowest BCUT2D eigenvalue weighted by Crippen LogP contribution is -2.15. The molecule has 5 nitrogen and oxygen atoms in total. The van der Waals surface area contributed by atoms with Crippen molar-refractivity contribution in [2.75, 3.05) is 7.11 Å². The number of imidazole rings is 1. The summed E-state index contributed by atoms with van der Waals surface area (Å²) < 4.78 is 48.4. The zero-order valence-electron chi connectivity index (χ0n) is 9.44. The Hall–Kier alpha value is -1.83. The molecule has 0 aliphatic heterocycles. The third-order valence-corrected chi connectivity index (χ3v) is 2.20. The number of methoxy groups -OCH3 is 1. The second-order valence-corrected chi connectivity index (χ2v) is 3.59. The fourth-order valence-corrected chi connectivity index (χ4v) is 1.51. The van der Waals surface area contributed by atoms with Crippen molar-refractivity contribution in [3.8, 4) is 0 Å². The van der Waals surface area contributed by atoms with Gasteiger partial charge in [0.2, 0.25) is 5.82 Å². The van der Waals surface area contributed by atoms with Crippen LogP contribution in [0.5, 0.6) is 0 Å². The van der Waals surface area contributed by atoms with Crippen LogP contribution in [0.2, 0.25) is 0 Å². The summed E-state index contributed by atoms with van der Waals surface area (Å²) in [6.07, 6.45) is -2.14. The van der Waals surface area contributed by atoms with E-state index in [2.05, 4.69) is 10.1 Å². The lowest BCUT2D eigenvalue weighted by Gasteiger charge is -2.08. The second-order valence-electron chi connectivity index (χ2n) is 3.59. The summed E-state index contributed by atoms with van der Waals surface area (Å²) in [5.74, 6) is -0.500. The van der Waals surface area contributed by atoms with Gasteiger partial charge in [-0.3, -0.25) is 0 Å². The van der Waals surface area contributed by atoms with E-state index in [1.165, 1.54) is 13.3 Å². The van der Waals surface area contributed by atoms with Crippen LogP contribution in [0.4, 0.5) is 13.2 Å². The van der Waals surface area contributed by atoms with Gasteiger partial charge in [0, 0.05) is 25.6 Å². The van der Waals surface area contributed by atoms with E-state index >= 15 is 0 Å². The van der Waals surface area contributed by atoms with Gasteiger partial charge in [-0.15, -0.1) is 0 Å². The number of hydrogen-bond donors (Lipinski definition) is 0. The minimum atomic E-state index is -4.48. The number of aromatic nitrogens is 3. The molecule has 0 saturated carbocycles. The Morgan fingerprint density at radius 3 is 2.89 bits per heavy atom. The first kappa shape index (κ1) is 12.6. The molecule has 0 unspecified atom stereocenters. The minimum Gasteiger partial charge on any atom is -0.377 e. The van der Waals surface area contributed by atoms with Gasteiger partial charge in [-0.05, 0) is 0 Å². The van der Waals surface area contributed by atoms with Gasteiger partial charge >= 0.3 is 6.18 Å². The summed E-state index contributed by atoms with van der Waals surface area (Å²) in [4.78, 5) is 3.28. The van der Waals surface area contributed by atoms with Crippen LogP contribution in [0.15, 0.2) is 23.0 Å². The zero-order chi connectivity index (χ0) is 13.2. The molecule has 0 spiro atoms. The molecule has 2 rings (SSSR count). The van der Waals surface area contributed by atoms with Crippen molar-refractivity contribution in [2.24, 2.45) is 0 Å². The van der Waals surface area contributed by atoms with Gasteiger partial charge in [-0.25, -0.2) is 4.98 Å². The molecule has 0 aliphatic carbocycles. The van der Waals surface area contributed by atoms with E-state index in [0.29, 0.717) is 11.5 Å². The summed E-state index contributed by atoms with van der Waals surface area (Å²) in [5, 5.41) is 3.66. The predicted molar refractivity (Wildman–Crippen MR) is 53.5 cm³/mol. The highest BCUT2D eigenvalue weighted by atomic mass is 19.4. The van der Waals surface area contributed by atoms with Gasteiger partial charge in [0.25, 0.3) is 0 Å². The maximum atomic E-state index is 12.6. The standard InChI is InChI=1S/C10H10F3N3O2/c1-17-6-8-4-7(15-18-8)5-16-3-2-14-9(16)10(11,12)13/h2-4H,5-6H2,1H3. The summed E-state index contributed by atoms with van der Waals surface area (Å²) >= 11 is 0. The minimum absolute atomic E-state index is 0.0535. The molecule has 0 aliphatic rings. The van der Waals surface area contributed by atoms with Crippen molar-refractivity contribution < 1.29 is 22.4 Å². The van der Waals surface area contributed by atoms with Crippen molar-refractivity contribution in [3.05, 3.63) is 35.7 Å². The van der Waals surface area contributed by atoms with Crippen molar-refractivity contribution in [2.45, 2.75) is 19.3 Å². The van der Waals surface area contributed by atoms with Gasteiger partial charge in [0.1, 0.15) is 12.3 Å². The Bertz CT molecular complexity index is 518. The SMILES string of the molecule is COCc1cc(Cn2ccnc2C(F)(F)F)no1. The van der Waals surface area contributed by atoms with Crippen molar-refractivity contribution in [1.82, 2.24) is 14.7 Å². The number of nitrogens with zero attached hydrogens (tertiary/aromatic N) is 3. The zero-order valence-corrected chi connectivity index (χ0v) is 9.44. The summed E-state index contributed by atoms with van der Waals surface area (Å²) in [7, 11) is 1.49. The Balaban J connectivity index is 2.16. The quantitative estimate of drug-likeness (QED) is 0.845. The molecule has 0 aromatic carbocycles. The van der Waals surface area contributed by atoms with Crippen LogP contribution in [0.25, 0.3) is 0 Å². The molecule has 18 heavy (non-hydrogen) atoms. The van der Waals surface area contributed by atoms with Crippen LogP contribution >= 0.6 is 0 Å². The molecule has 2 heterocycles. The Labute approximate surface area is 100 Å². The lowest BCUT2D eigenvalue weighted by atomic mass is 10.3. The first-order valence-corrected chi connectivity index (χ1v) is 5.02. The summed E-state index contributed by atoms with van der Waals surface area (Å²) in [5.41, 5.74) is 0.380. The normalized spacial score (nSPS) is 12.0. The third kappa shape index (κ3) is 2.70. The molecule has 0 atom stereocenters. The molecule has 0 radical (unpaired) electrons. The van der Waals surface area contributed by atoms with Gasteiger partial charge in [-0.2, -0.15) is 13.2 Å². The fraction of sp³-hybridized carbons (Fsp3) is 0.400. The molecular formula is C10H10F3N3O2. The van der Waals surface area contributed by atoms with E-state index in [1.807, 2.05) is 0 Å². The van der Waals surface area contributed by atoms with E-state index in [9.17, 15) is 13.2 Å². The largest absolute Gasteiger partial charge is 0.449 e. The fourth-order valence-electron chi connectivity index (χ4n) is 1.51. The van der Waals surface area contributed by atoms with Gasteiger partial charge < -0.3 is 13.8 Å². The molecular weight excluding hydrogens is 251 g/mol. The molecule has 0 N–H and O–H groups in total. The lowest BCUT2D eigenvalue weighted by molar-refractivity contribution is -0.147. The monoisotopic (exact) mass is 261 g/mol. The van der Waals surface area contributed by atoms with E-state index in [1.54, 1.807) is 6.07 Å². The van der Waals surface area contributed by atoms with Crippen LogP contribution in [-0.2, 0) is 24.1 Å². The third-order valence-electron chi connectivity index (χ3n) is 2.20. The average molecular weight is 261 g/mol. The van der Waals surface area contributed by atoms with E-state index in [-0.39, 0.29) is 13.2 Å². The predicted octanol–water partition coefficient (Wildman–Crippen LogP) is 2.08. The van der Waals surface area contributed by atoms with Gasteiger partial charge in [-0.1, -0.05) is 5.16 Å². The number of ether oxygens (including phenoxy) is 1. The molecule has 0 amide bonds. The number of alkyl halides is 3. The highest BCUT2D eigenvalue weighted by Crippen LogP contribution is 2.27. The summed E-state index contributed by atoms with van der Waals surface area (Å²) in [6, 6.07) is 1.55. The van der Waals surface area contributed by atoms with Crippen LogP contribution in [-0.4, -0.2) is 21.8 Å². The van der Waals surface area contributed by atoms with E-state index in [0.717, 1.165) is 10.8 Å². The Kier molecular flexibility index (Phi) is 3.37. The van der Waals surface area contributed by atoms with Gasteiger partial charge in [0.05, 0.1) is 6.54 Å². The second kappa shape index (κ2) is 4.81. The maximum Gasteiger partial charge on any atom is 0.449 e. The van der Waals surface area contributed by atoms with E-state index < -0.39 is 12.0 Å². The Morgan fingerprint density at radius 1 is 1.44 bits per heavy atom. The molecule has 0 fully saturated rings. The van der Waals surface area contributed by atoms with E-state index in [4.69, 9.17) is 9.26 Å². The highest BCUT2D eigenvalue weighted by molar-refractivity contribution is 5.08. The van der Waals surface area contributed by atoms with Gasteiger partial charge in [0.15, 0.2) is 5.76 Å². The van der Waals surface area contributed by atoms with Crippen molar-refractivity contribution in [1.29, 1.82) is 0 Å². The van der Waals surface area contributed by atoms with Crippen LogP contribution in [0, 0.1) is 0 Å². The van der Waals surface area contributed by atoms with Crippen LogP contribution in [0.1, 0.15) is 17.3 Å². The van der Waals surface area contributed by atoms with Crippen molar-refractivity contribution in [3.63, 3.8) is 0 Å². The highest BCUT2D eigenvalue weighted by Gasteiger charge is 2.36. The van der Waals surface area contributed by atoms with Crippen LogP contribution < -0.4 is 0 Å². The summed E-state index contributed by atoms with van der Waals surface area (Å²) in [6.45, 7) is 0.172. The molecule has 2 aromatic rings. The van der Waals surface area contributed by atoms with Crippen LogP contribution in [0.3, 0.4) is 0 Å². The number of rotatable bonds is 4. The molecule has 2 aromatic heterocycles. The molecule has 98 valence electrons. The smallest absolute Gasteiger partial charge is 0.377 e. The first-order valence-electron chi connectivity index (χ1n) is 5.02. The topological polar surface area (TPSA) is 53.1 Å². The molecule has 0 saturated heterocycles. The number of halogens is 3. The molecule has 0 bridgehead atoms. The first-order chi connectivity index (χ1) is 8.50. The maximum absolute atomic E-state index is 12.6. The molecule has 8 heteroatoms. The van der Waals surface area contributed by atoms with Crippen molar-refractivity contribution >= 4 is 0 Å². The Morgan fingerprint density at radius 2 is 2.22 bits per heavy atom. The average Bonchev–Trinajstić information content (AvgIpc) is 2.88.